The van der Waals surface area contributed by atoms with Gasteiger partial charge in [0.25, 0.3) is 0 Å². The van der Waals surface area contributed by atoms with Gasteiger partial charge < -0.3 is 9.47 Å². The second-order valence-electron chi connectivity index (χ2n) is 4.22. The summed E-state index contributed by atoms with van der Waals surface area (Å²) < 4.78 is 10.9. The Labute approximate surface area is 95.2 Å². The zero-order valence-corrected chi connectivity index (χ0v) is 9.00. The highest BCUT2D eigenvalue weighted by molar-refractivity contribution is 5.30. The van der Waals surface area contributed by atoms with Crippen LogP contribution in [0.4, 0.5) is 0 Å². The van der Waals surface area contributed by atoms with E-state index in [1.165, 1.54) is 11.1 Å². The van der Waals surface area contributed by atoms with E-state index in [1.807, 2.05) is 12.3 Å². The maximum atomic E-state index is 5.52. The molecule has 0 amide bonds. The molecule has 0 radical (unpaired) electrons. The first-order valence-corrected chi connectivity index (χ1v) is 5.59. The highest BCUT2D eigenvalue weighted by atomic mass is 16.5. The summed E-state index contributed by atoms with van der Waals surface area (Å²) in [6.07, 6.45) is 5.73. The van der Waals surface area contributed by atoms with E-state index in [0.717, 1.165) is 6.61 Å². The minimum atomic E-state index is 0.373. The predicted molar refractivity (Wildman–Crippen MR) is 61.8 cm³/mol. The Balaban J connectivity index is 1.97. The second-order valence-corrected chi connectivity index (χ2v) is 4.22. The lowest BCUT2D eigenvalue weighted by molar-refractivity contribution is 0.184. The van der Waals surface area contributed by atoms with Gasteiger partial charge in [-0.15, -0.1) is 0 Å². The summed E-state index contributed by atoms with van der Waals surface area (Å²) in [5.41, 5.74) is 2.59. The predicted octanol–water partition coefficient (Wildman–Crippen LogP) is 2.84. The van der Waals surface area contributed by atoms with Crippen LogP contribution in [0.1, 0.15) is 11.5 Å². The summed E-state index contributed by atoms with van der Waals surface area (Å²) in [6, 6.07) is 10.5. The van der Waals surface area contributed by atoms with Crippen LogP contribution in [0.15, 0.2) is 54.5 Å². The Morgan fingerprint density at radius 2 is 2.00 bits per heavy atom. The summed E-state index contributed by atoms with van der Waals surface area (Å²) in [5.74, 6) is 0.804. The number of allylic oxidation sites excluding steroid dienone is 1. The van der Waals surface area contributed by atoms with Crippen LogP contribution in [0.5, 0.6) is 0 Å². The van der Waals surface area contributed by atoms with Crippen molar-refractivity contribution in [2.24, 2.45) is 5.92 Å². The van der Waals surface area contributed by atoms with Crippen molar-refractivity contribution in [1.82, 2.24) is 0 Å². The Hall–Kier alpha value is -1.54. The molecule has 0 bridgehead atoms. The lowest BCUT2D eigenvalue weighted by atomic mass is 9.83. The third kappa shape index (κ3) is 1.65. The third-order valence-electron chi connectivity index (χ3n) is 3.24. The molecule has 2 heterocycles. The van der Waals surface area contributed by atoms with Crippen LogP contribution in [-0.4, -0.2) is 13.2 Å². The monoisotopic (exact) mass is 214 g/mol. The molecule has 0 unspecified atom stereocenters. The smallest absolute Gasteiger partial charge is 0.0920 e. The molecule has 2 nitrogen and oxygen atoms in total. The van der Waals surface area contributed by atoms with Gasteiger partial charge in [-0.05, 0) is 17.2 Å². The first-order chi connectivity index (χ1) is 7.95. The van der Waals surface area contributed by atoms with Gasteiger partial charge >= 0.3 is 0 Å². The molecule has 0 spiro atoms. The van der Waals surface area contributed by atoms with Crippen LogP contribution >= 0.6 is 0 Å². The van der Waals surface area contributed by atoms with Crippen molar-refractivity contribution in [2.45, 2.75) is 5.92 Å². The maximum Gasteiger partial charge on any atom is 0.0920 e. The fraction of sp³-hybridized carbons (Fsp3) is 0.286. The van der Waals surface area contributed by atoms with E-state index < -0.39 is 0 Å². The fourth-order valence-electron chi connectivity index (χ4n) is 2.38. The molecule has 2 atom stereocenters. The van der Waals surface area contributed by atoms with Gasteiger partial charge in [0.1, 0.15) is 0 Å². The molecule has 2 aliphatic rings. The summed E-state index contributed by atoms with van der Waals surface area (Å²) >= 11 is 0. The van der Waals surface area contributed by atoms with Crippen molar-refractivity contribution in [3.8, 4) is 0 Å². The molecular formula is C14H14O2. The van der Waals surface area contributed by atoms with Gasteiger partial charge in [-0.25, -0.2) is 0 Å². The summed E-state index contributed by atoms with van der Waals surface area (Å²) in [7, 11) is 0. The largest absolute Gasteiger partial charge is 0.473 e. The van der Waals surface area contributed by atoms with Crippen LogP contribution in [0.3, 0.4) is 0 Å². The number of fused-ring (bicyclic) bond motifs is 1. The summed E-state index contributed by atoms with van der Waals surface area (Å²) in [4.78, 5) is 0. The van der Waals surface area contributed by atoms with Gasteiger partial charge in [-0.2, -0.15) is 0 Å². The molecule has 1 aromatic rings. The number of benzene rings is 1. The van der Waals surface area contributed by atoms with Gasteiger partial charge in [0.05, 0.1) is 25.7 Å². The SMILES string of the molecule is C1=C[C@@H](c2ccccc2)[C@H]2COCC2=CO1. The fourth-order valence-corrected chi connectivity index (χ4v) is 2.38. The number of hydrogen-bond donors (Lipinski definition) is 0. The quantitative estimate of drug-likeness (QED) is 0.715. The Morgan fingerprint density at radius 1 is 1.12 bits per heavy atom. The lowest BCUT2D eigenvalue weighted by Crippen LogP contribution is -2.12. The number of hydrogen-bond acceptors (Lipinski definition) is 2. The minimum Gasteiger partial charge on any atom is -0.473 e. The van der Waals surface area contributed by atoms with E-state index in [-0.39, 0.29) is 0 Å². The standard InChI is InChI=1S/C14H14O2/c1-2-4-11(5-3-1)13-6-7-15-8-12-9-16-10-14(12)13/h1-8,13-14H,9-10H2/t13-,14-/m0/s1. The third-order valence-corrected chi connectivity index (χ3v) is 3.24. The maximum absolute atomic E-state index is 5.52. The Bertz CT molecular complexity index is 420. The van der Waals surface area contributed by atoms with Gasteiger partial charge in [0.15, 0.2) is 0 Å². The van der Waals surface area contributed by atoms with Crippen molar-refractivity contribution >= 4 is 0 Å². The summed E-state index contributed by atoms with van der Waals surface area (Å²) in [6.45, 7) is 1.49. The minimum absolute atomic E-state index is 0.373. The van der Waals surface area contributed by atoms with E-state index in [0.29, 0.717) is 18.4 Å². The van der Waals surface area contributed by atoms with Crippen molar-refractivity contribution in [2.75, 3.05) is 13.2 Å². The molecule has 0 N–H and O–H groups in total. The number of rotatable bonds is 1. The summed E-state index contributed by atoms with van der Waals surface area (Å²) in [5, 5.41) is 0. The van der Waals surface area contributed by atoms with E-state index >= 15 is 0 Å². The van der Waals surface area contributed by atoms with Crippen molar-refractivity contribution < 1.29 is 9.47 Å². The average molecular weight is 214 g/mol. The average Bonchev–Trinajstić information content (AvgIpc) is 2.70. The molecule has 2 aliphatic heterocycles. The van der Waals surface area contributed by atoms with Crippen LogP contribution in [-0.2, 0) is 9.47 Å². The van der Waals surface area contributed by atoms with Crippen LogP contribution in [0.2, 0.25) is 0 Å². The lowest BCUT2D eigenvalue weighted by Gasteiger charge is -2.18. The molecule has 0 aliphatic carbocycles. The van der Waals surface area contributed by atoms with Gasteiger partial charge in [0.2, 0.25) is 0 Å². The Kier molecular flexibility index (Phi) is 2.50. The van der Waals surface area contributed by atoms with Crippen LogP contribution in [0, 0.1) is 5.92 Å². The van der Waals surface area contributed by atoms with Gasteiger partial charge in [0, 0.05) is 11.8 Å². The van der Waals surface area contributed by atoms with Crippen molar-refractivity contribution in [3.63, 3.8) is 0 Å². The van der Waals surface area contributed by atoms with E-state index in [2.05, 4.69) is 30.3 Å². The van der Waals surface area contributed by atoms with Gasteiger partial charge in [-0.1, -0.05) is 30.3 Å². The number of ether oxygens (including phenoxy) is 2. The second kappa shape index (κ2) is 4.14. The molecular weight excluding hydrogens is 200 g/mol. The van der Waals surface area contributed by atoms with Crippen molar-refractivity contribution in [1.29, 1.82) is 0 Å². The molecule has 3 rings (SSSR count). The molecule has 16 heavy (non-hydrogen) atoms. The van der Waals surface area contributed by atoms with Crippen molar-refractivity contribution in [3.05, 3.63) is 60.1 Å². The first kappa shape index (κ1) is 9.67. The molecule has 82 valence electrons. The highest BCUT2D eigenvalue weighted by Gasteiger charge is 2.31. The molecule has 0 aromatic heterocycles. The van der Waals surface area contributed by atoms with Crippen LogP contribution < -0.4 is 0 Å². The van der Waals surface area contributed by atoms with Gasteiger partial charge in [-0.3, -0.25) is 0 Å². The molecule has 0 saturated carbocycles. The molecule has 2 heteroatoms. The zero-order valence-electron chi connectivity index (χ0n) is 9.00. The van der Waals surface area contributed by atoms with E-state index in [4.69, 9.17) is 9.47 Å². The zero-order chi connectivity index (χ0) is 10.8. The van der Waals surface area contributed by atoms with E-state index in [9.17, 15) is 0 Å². The Morgan fingerprint density at radius 3 is 2.88 bits per heavy atom. The molecule has 1 aromatic carbocycles. The molecule has 1 fully saturated rings. The normalized spacial score (nSPS) is 27.9. The first-order valence-electron chi connectivity index (χ1n) is 5.59. The highest BCUT2D eigenvalue weighted by Crippen LogP contribution is 2.36. The van der Waals surface area contributed by atoms with E-state index in [1.54, 1.807) is 6.26 Å². The topological polar surface area (TPSA) is 18.5 Å². The molecule has 1 saturated heterocycles. The van der Waals surface area contributed by atoms with Crippen LogP contribution in [0.25, 0.3) is 0 Å².